The van der Waals surface area contributed by atoms with Gasteiger partial charge in [0.2, 0.25) is 0 Å². The highest BCUT2D eigenvalue weighted by molar-refractivity contribution is 5.29. The van der Waals surface area contributed by atoms with Crippen molar-refractivity contribution >= 4 is 0 Å². The first kappa shape index (κ1) is 15.0. The average Bonchev–Trinajstić information content (AvgIpc) is 2.38. The Morgan fingerprint density at radius 3 is 2.06 bits per heavy atom. The monoisotopic (exact) mass is 250 g/mol. The van der Waals surface area contributed by atoms with Crippen LogP contribution in [0, 0.1) is 5.92 Å². The van der Waals surface area contributed by atoms with Crippen LogP contribution in [0.5, 0.6) is 5.75 Å². The van der Waals surface area contributed by atoms with Gasteiger partial charge < -0.3 is 9.47 Å². The molecular weight excluding hydrogens is 224 g/mol. The molecule has 2 atom stereocenters. The SMILES string of the molecule is CCOC(CC)Oc1ccc(C(C)C(C)C)cc1. The summed E-state index contributed by atoms with van der Waals surface area (Å²) in [5, 5.41) is 0. The molecule has 0 bridgehead atoms. The van der Waals surface area contributed by atoms with Crippen molar-refractivity contribution in [1.29, 1.82) is 0 Å². The molecule has 0 aromatic heterocycles. The largest absolute Gasteiger partial charge is 0.465 e. The summed E-state index contributed by atoms with van der Waals surface area (Å²) in [4.78, 5) is 0. The summed E-state index contributed by atoms with van der Waals surface area (Å²) in [5.41, 5.74) is 1.36. The number of ether oxygens (including phenoxy) is 2. The molecule has 0 saturated heterocycles. The van der Waals surface area contributed by atoms with Gasteiger partial charge in [0.1, 0.15) is 5.75 Å². The van der Waals surface area contributed by atoms with E-state index in [-0.39, 0.29) is 6.29 Å². The molecule has 0 fully saturated rings. The van der Waals surface area contributed by atoms with Gasteiger partial charge in [-0.1, -0.05) is 39.8 Å². The van der Waals surface area contributed by atoms with E-state index in [0.717, 1.165) is 12.2 Å². The van der Waals surface area contributed by atoms with Crippen LogP contribution in [-0.4, -0.2) is 12.9 Å². The van der Waals surface area contributed by atoms with E-state index in [1.807, 2.05) is 19.1 Å². The van der Waals surface area contributed by atoms with Gasteiger partial charge in [-0.15, -0.1) is 0 Å². The maximum absolute atomic E-state index is 5.78. The van der Waals surface area contributed by atoms with Crippen molar-refractivity contribution in [2.75, 3.05) is 6.61 Å². The van der Waals surface area contributed by atoms with Gasteiger partial charge in [0, 0.05) is 13.0 Å². The maximum Gasteiger partial charge on any atom is 0.199 e. The van der Waals surface area contributed by atoms with Gasteiger partial charge in [-0.3, -0.25) is 0 Å². The number of hydrogen-bond donors (Lipinski definition) is 0. The summed E-state index contributed by atoms with van der Waals surface area (Å²) >= 11 is 0. The van der Waals surface area contributed by atoms with Crippen LogP contribution in [0.25, 0.3) is 0 Å². The van der Waals surface area contributed by atoms with Crippen LogP contribution < -0.4 is 4.74 Å². The second-order valence-corrected chi connectivity index (χ2v) is 5.01. The lowest BCUT2D eigenvalue weighted by molar-refractivity contribution is -0.0766. The zero-order valence-corrected chi connectivity index (χ0v) is 12.3. The first-order valence-corrected chi connectivity index (χ1v) is 6.96. The molecule has 0 heterocycles. The summed E-state index contributed by atoms with van der Waals surface area (Å²) in [6.45, 7) is 11.5. The van der Waals surface area contributed by atoms with Crippen LogP contribution in [0.2, 0.25) is 0 Å². The molecule has 2 heteroatoms. The molecule has 0 N–H and O–H groups in total. The molecule has 102 valence electrons. The lowest BCUT2D eigenvalue weighted by Crippen LogP contribution is -2.19. The zero-order valence-electron chi connectivity index (χ0n) is 12.3. The van der Waals surface area contributed by atoms with E-state index in [1.165, 1.54) is 5.56 Å². The molecule has 1 aromatic carbocycles. The molecule has 1 aromatic rings. The van der Waals surface area contributed by atoms with E-state index < -0.39 is 0 Å². The summed E-state index contributed by atoms with van der Waals surface area (Å²) in [5.74, 6) is 2.12. The zero-order chi connectivity index (χ0) is 13.5. The Morgan fingerprint density at radius 1 is 1.00 bits per heavy atom. The lowest BCUT2D eigenvalue weighted by Gasteiger charge is -2.19. The van der Waals surface area contributed by atoms with Crippen LogP contribution in [0.4, 0.5) is 0 Å². The topological polar surface area (TPSA) is 18.5 Å². The fourth-order valence-electron chi connectivity index (χ4n) is 1.81. The summed E-state index contributed by atoms with van der Waals surface area (Å²) in [6.07, 6.45) is 0.723. The smallest absolute Gasteiger partial charge is 0.199 e. The molecule has 0 aliphatic carbocycles. The summed E-state index contributed by atoms with van der Waals surface area (Å²) in [7, 11) is 0. The highest BCUT2D eigenvalue weighted by Crippen LogP contribution is 2.25. The fourth-order valence-corrected chi connectivity index (χ4v) is 1.81. The van der Waals surface area contributed by atoms with Gasteiger partial charge in [0.05, 0.1) is 0 Å². The van der Waals surface area contributed by atoms with Gasteiger partial charge in [-0.2, -0.15) is 0 Å². The van der Waals surface area contributed by atoms with Crippen molar-refractivity contribution in [1.82, 2.24) is 0 Å². The van der Waals surface area contributed by atoms with Gasteiger partial charge in [0.25, 0.3) is 0 Å². The average molecular weight is 250 g/mol. The molecule has 0 aliphatic heterocycles. The van der Waals surface area contributed by atoms with Crippen LogP contribution in [0.1, 0.15) is 52.5 Å². The number of hydrogen-bond acceptors (Lipinski definition) is 2. The molecule has 18 heavy (non-hydrogen) atoms. The van der Waals surface area contributed by atoms with Gasteiger partial charge >= 0.3 is 0 Å². The second kappa shape index (κ2) is 7.42. The molecule has 0 spiro atoms. The normalized spacial score (nSPS) is 14.6. The first-order chi connectivity index (χ1) is 8.58. The molecule has 2 unspecified atom stereocenters. The van der Waals surface area contributed by atoms with Crippen molar-refractivity contribution in [3.05, 3.63) is 29.8 Å². The molecule has 1 rings (SSSR count). The van der Waals surface area contributed by atoms with Crippen LogP contribution in [0.3, 0.4) is 0 Å². The van der Waals surface area contributed by atoms with Crippen LogP contribution in [0.15, 0.2) is 24.3 Å². The van der Waals surface area contributed by atoms with Crippen molar-refractivity contribution in [2.24, 2.45) is 5.92 Å². The van der Waals surface area contributed by atoms with E-state index in [1.54, 1.807) is 0 Å². The Hall–Kier alpha value is -1.02. The Bertz CT molecular complexity index is 329. The predicted octanol–water partition coefficient (Wildman–Crippen LogP) is 4.60. The van der Waals surface area contributed by atoms with E-state index in [9.17, 15) is 0 Å². The standard InChI is InChI=1S/C16H26O2/c1-6-16(17-7-2)18-15-10-8-14(9-11-15)13(5)12(3)4/h8-13,16H,6-7H2,1-5H3. The second-order valence-electron chi connectivity index (χ2n) is 5.01. The van der Waals surface area contributed by atoms with E-state index in [0.29, 0.717) is 18.4 Å². The van der Waals surface area contributed by atoms with Crippen molar-refractivity contribution in [3.8, 4) is 5.75 Å². The Morgan fingerprint density at radius 2 is 1.61 bits per heavy atom. The highest BCUT2D eigenvalue weighted by atomic mass is 16.7. The van der Waals surface area contributed by atoms with Gasteiger partial charge in [0.15, 0.2) is 6.29 Å². The summed E-state index contributed by atoms with van der Waals surface area (Å²) in [6, 6.07) is 8.38. The van der Waals surface area contributed by atoms with E-state index >= 15 is 0 Å². The predicted molar refractivity (Wildman–Crippen MR) is 76.0 cm³/mol. The number of rotatable bonds is 7. The quantitative estimate of drug-likeness (QED) is 0.658. The Balaban J connectivity index is 2.65. The third kappa shape index (κ3) is 4.34. The lowest BCUT2D eigenvalue weighted by atomic mass is 9.90. The third-order valence-corrected chi connectivity index (χ3v) is 3.36. The molecule has 0 amide bonds. The minimum absolute atomic E-state index is 0.136. The van der Waals surface area contributed by atoms with E-state index in [4.69, 9.17) is 9.47 Å². The maximum atomic E-state index is 5.78. The summed E-state index contributed by atoms with van der Waals surface area (Å²) < 4.78 is 11.3. The van der Waals surface area contributed by atoms with Crippen molar-refractivity contribution < 1.29 is 9.47 Å². The van der Waals surface area contributed by atoms with Crippen LogP contribution >= 0.6 is 0 Å². The molecule has 0 saturated carbocycles. The third-order valence-electron chi connectivity index (χ3n) is 3.36. The van der Waals surface area contributed by atoms with E-state index in [2.05, 4.69) is 39.8 Å². The van der Waals surface area contributed by atoms with Crippen molar-refractivity contribution in [3.63, 3.8) is 0 Å². The molecule has 0 aliphatic rings. The Kier molecular flexibility index (Phi) is 6.20. The van der Waals surface area contributed by atoms with Crippen LogP contribution in [-0.2, 0) is 4.74 Å². The fraction of sp³-hybridized carbons (Fsp3) is 0.625. The van der Waals surface area contributed by atoms with Gasteiger partial charge in [-0.05, 0) is 36.5 Å². The molecule has 2 nitrogen and oxygen atoms in total. The van der Waals surface area contributed by atoms with Crippen molar-refractivity contribution in [2.45, 2.75) is 53.2 Å². The minimum atomic E-state index is -0.136. The van der Waals surface area contributed by atoms with Gasteiger partial charge in [-0.25, -0.2) is 0 Å². The minimum Gasteiger partial charge on any atom is -0.465 e. The molecular formula is C16H26O2. The highest BCUT2D eigenvalue weighted by Gasteiger charge is 2.11. The number of benzene rings is 1. The molecule has 0 radical (unpaired) electrons. The first-order valence-electron chi connectivity index (χ1n) is 6.96. The Labute approximate surface area is 111 Å².